The van der Waals surface area contributed by atoms with Gasteiger partial charge in [-0.3, -0.25) is 4.40 Å². The lowest BCUT2D eigenvalue weighted by Crippen LogP contribution is -2.05. The Morgan fingerprint density at radius 2 is 2.05 bits per heavy atom. The summed E-state index contributed by atoms with van der Waals surface area (Å²) in [5.74, 6) is 0. The van der Waals surface area contributed by atoms with Gasteiger partial charge in [0, 0.05) is 22.0 Å². The molecular weight excluding hydrogens is 278 g/mol. The minimum Gasteiger partial charge on any atom is -0.330 e. The first-order valence-corrected chi connectivity index (χ1v) is 7.32. The van der Waals surface area contributed by atoms with E-state index in [0.29, 0.717) is 6.54 Å². The van der Waals surface area contributed by atoms with Crippen molar-refractivity contribution >= 4 is 27.9 Å². The number of benzene rings is 1. The van der Waals surface area contributed by atoms with Crippen molar-refractivity contribution < 1.29 is 0 Å². The van der Waals surface area contributed by atoms with Gasteiger partial charge in [0.25, 0.3) is 0 Å². The third-order valence-electron chi connectivity index (χ3n) is 3.12. The van der Waals surface area contributed by atoms with E-state index in [-0.39, 0.29) is 0 Å². The maximum absolute atomic E-state index is 5.96. The minimum absolute atomic E-state index is 0.628. The third-order valence-corrected chi connectivity index (χ3v) is 4.34. The van der Waals surface area contributed by atoms with E-state index in [4.69, 9.17) is 17.3 Å². The summed E-state index contributed by atoms with van der Waals surface area (Å²) < 4.78 is 2.20. The van der Waals surface area contributed by atoms with Crippen LogP contribution in [0.1, 0.15) is 10.6 Å². The van der Waals surface area contributed by atoms with Crippen LogP contribution in [0.25, 0.3) is 16.2 Å². The van der Waals surface area contributed by atoms with Crippen LogP contribution in [-0.4, -0.2) is 15.9 Å². The summed E-state index contributed by atoms with van der Waals surface area (Å²) >= 11 is 7.66. The van der Waals surface area contributed by atoms with Crippen LogP contribution < -0.4 is 5.73 Å². The molecule has 3 nitrogen and oxygen atoms in total. The summed E-state index contributed by atoms with van der Waals surface area (Å²) in [5.41, 5.74) is 9.18. The Balaban J connectivity index is 2.23. The largest absolute Gasteiger partial charge is 0.330 e. The van der Waals surface area contributed by atoms with Crippen LogP contribution in [-0.2, 0) is 6.42 Å². The predicted molar refractivity (Wildman–Crippen MR) is 81.0 cm³/mol. The zero-order valence-corrected chi connectivity index (χ0v) is 12.1. The average Bonchev–Trinajstić information content (AvgIpc) is 2.91. The van der Waals surface area contributed by atoms with E-state index in [1.165, 1.54) is 10.6 Å². The number of thiazole rings is 1. The van der Waals surface area contributed by atoms with Gasteiger partial charge in [-0.2, -0.15) is 0 Å². The highest BCUT2D eigenvalue weighted by Gasteiger charge is 2.15. The van der Waals surface area contributed by atoms with E-state index >= 15 is 0 Å². The molecule has 0 spiro atoms. The molecule has 3 rings (SSSR count). The van der Waals surface area contributed by atoms with E-state index in [2.05, 4.69) is 16.3 Å². The number of aryl methyl sites for hydroxylation is 1. The minimum atomic E-state index is 0.628. The molecule has 2 aromatic heterocycles. The number of hydrogen-bond donors (Lipinski definition) is 1. The number of imidazole rings is 1. The second kappa shape index (κ2) is 4.96. The molecule has 98 valence electrons. The Morgan fingerprint density at radius 1 is 1.32 bits per heavy atom. The lowest BCUT2D eigenvalue weighted by atomic mass is 10.1. The van der Waals surface area contributed by atoms with Crippen molar-refractivity contribution in [3.05, 3.63) is 46.1 Å². The van der Waals surface area contributed by atoms with Gasteiger partial charge in [-0.15, -0.1) is 11.3 Å². The molecule has 3 aromatic rings. The Bertz CT molecular complexity index is 712. The molecule has 2 heterocycles. The van der Waals surface area contributed by atoms with Crippen molar-refractivity contribution in [1.82, 2.24) is 9.38 Å². The van der Waals surface area contributed by atoms with Gasteiger partial charge >= 0.3 is 0 Å². The summed E-state index contributed by atoms with van der Waals surface area (Å²) in [6, 6.07) is 7.92. The highest BCUT2D eigenvalue weighted by molar-refractivity contribution is 7.17. The SMILES string of the molecule is Cc1sc2ncc(CCN)n2c1-c1ccc(Cl)cc1. The fourth-order valence-electron chi connectivity index (χ4n) is 2.29. The molecule has 5 heteroatoms. The topological polar surface area (TPSA) is 43.3 Å². The molecule has 0 bridgehead atoms. The summed E-state index contributed by atoms with van der Waals surface area (Å²) in [7, 11) is 0. The Hall–Kier alpha value is -1.36. The van der Waals surface area contributed by atoms with Crippen LogP contribution >= 0.6 is 22.9 Å². The summed E-state index contributed by atoms with van der Waals surface area (Å²) in [6.45, 7) is 2.75. The molecule has 0 aliphatic carbocycles. The van der Waals surface area contributed by atoms with Gasteiger partial charge in [0.15, 0.2) is 4.96 Å². The van der Waals surface area contributed by atoms with Crippen LogP contribution in [0.2, 0.25) is 5.02 Å². The van der Waals surface area contributed by atoms with Gasteiger partial charge in [0.05, 0.1) is 11.9 Å². The van der Waals surface area contributed by atoms with Crippen LogP contribution in [0.4, 0.5) is 0 Å². The first kappa shape index (κ1) is 12.7. The molecule has 0 radical (unpaired) electrons. The zero-order chi connectivity index (χ0) is 13.4. The van der Waals surface area contributed by atoms with Gasteiger partial charge in [-0.25, -0.2) is 4.98 Å². The Labute approximate surface area is 120 Å². The Kier molecular flexibility index (Phi) is 3.31. The third kappa shape index (κ3) is 2.16. The van der Waals surface area contributed by atoms with E-state index in [0.717, 1.165) is 27.7 Å². The molecule has 0 unspecified atom stereocenters. The molecule has 0 saturated heterocycles. The van der Waals surface area contributed by atoms with Crippen molar-refractivity contribution in [1.29, 1.82) is 0 Å². The van der Waals surface area contributed by atoms with Gasteiger partial charge in [-0.1, -0.05) is 23.7 Å². The molecule has 19 heavy (non-hydrogen) atoms. The monoisotopic (exact) mass is 291 g/mol. The molecule has 0 fully saturated rings. The number of nitrogens with two attached hydrogens (primary N) is 1. The molecule has 0 aliphatic rings. The molecule has 2 N–H and O–H groups in total. The average molecular weight is 292 g/mol. The number of fused-ring (bicyclic) bond motifs is 1. The van der Waals surface area contributed by atoms with E-state index < -0.39 is 0 Å². The molecule has 0 amide bonds. The summed E-state index contributed by atoms with van der Waals surface area (Å²) in [5, 5.41) is 0.751. The summed E-state index contributed by atoms with van der Waals surface area (Å²) in [4.78, 5) is 6.73. The van der Waals surface area contributed by atoms with Crippen molar-refractivity contribution in [3.8, 4) is 11.3 Å². The number of nitrogens with zero attached hydrogens (tertiary/aromatic N) is 2. The normalized spacial score (nSPS) is 11.3. The van der Waals surface area contributed by atoms with Crippen LogP contribution in [0.5, 0.6) is 0 Å². The molecule has 0 aliphatic heterocycles. The highest BCUT2D eigenvalue weighted by Crippen LogP contribution is 2.32. The van der Waals surface area contributed by atoms with E-state index in [1.807, 2.05) is 30.5 Å². The number of hydrogen-bond acceptors (Lipinski definition) is 3. The molecule has 1 aromatic carbocycles. The van der Waals surface area contributed by atoms with Crippen LogP contribution in [0.15, 0.2) is 30.5 Å². The van der Waals surface area contributed by atoms with Crippen LogP contribution in [0.3, 0.4) is 0 Å². The number of aromatic nitrogens is 2. The smallest absolute Gasteiger partial charge is 0.194 e. The standard InChI is InChI=1S/C14H14ClN3S/c1-9-13(10-2-4-11(15)5-3-10)18-12(6-7-16)8-17-14(18)19-9/h2-5,8H,6-7,16H2,1H3. The first-order valence-electron chi connectivity index (χ1n) is 6.12. The predicted octanol–water partition coefficient (Wildman–Crippen LogP) is 3.53. The second-order valence-corrected chi connectivity index (χ2v) is 6.04. The lowest BCUT2D eigenvalue weighted by molar-refractivity contribution is 0.910. The lowest BCUT2D eigenvalue weighted by Gasteiger charge is -2.05. The van der Waals surface area contributed by atoms with Crippen molar-refractivity contribution in [3.63, 3.8) is 0 Å². The number of halogens is 1. The highest BCUT2D eigenvalue weighted by atomic mass is 35.5. The molecule has 0 atom stereocenters. The fraction of sp³-hybridized carbons (Fsp3) is 0.214. The van der Waals surface area contributed by atoms with Crippen molar-refractivity contribution in [2.45, 2.75) is 13.3 Å². The first-order chi connectivity index (χ1) is 9.20. The van der Waals surface area contributed by atoms with E-state index in [9.17, 15) is 0 Å². The quantitative estimate of drug-likeness (QED) is 0.802. The Morgan fingerprint density at radius 3 is 2.74 bits per heavy atom. The van der Waals surface area contributed by atoms with Crippen molar-refractivity contribution in [2.75, 3.05) is 6.54 Å². The van der Waals surface area contributed by atoms with E-state index in [1.54, 1.807) is 11.3 Å². The van der Waals surface area contributed by atoms with Gasteiger partial charge in [0.2, 0.25) is 0 Å². The zero-order valence-electron chi connectivity index (χ0n) is 10.6. The second-order valence-electron chi connectivity index (χ2n) is 4.42. The maximum atomic E-state index is 5.96. The van der Waals surface area contributed by atoms with Gasteiger partial charge < -0.3 is 5.73 Å². The van der Waals surface area contributed by atoms with Crippen LogP contribution in [0, 0.1) is 6.92 Å². The molecular formula is C14H14ClN3S. The van der Waals surface area contributed by atoms with Crippen molar-refractivity contribution in [2.24, 2.45) is 5.73 Å². The molecule has 0 saturated carbocycles. The fourth-order valence-corrected chi connectivity index (χ4v) is 3.40. The van der Waals surface area contributed by atoms with Gasteiger partial charge in [-0.05, 0) is 31.2 Å². The number of rotatable bonds is 3. The summed E-state index contributed by atoms with van der Waals surface area (Å²) in [6.07, 6.45) is 2.75. The van der Waals surface area contributed by atoms with Gasteiger partial charge in [0.1, 0.15) is 0 Å². The maximum Gasteiger partial charge on any atom is 0.194 e.